The summed E-state index contributed by atoms with van der Waals surface area (Å²) in [6, 6.07) is 1.11. The van der Waals surface area contributed by atoms with Gasteiger partial charge in [-0.3, -0.25) is 9.89 Å². The van der Waals surface area contributed by atoms with Crippen molar-refractivity contribution in [3.8, 4) is 0 Å². The van der Waals surface area contributed by atoms with Gasteiger partial charge in [0, 0.05) is 38.3 Å². The van der Waals surface area contributed by atoms with Crippen molar-refractivity contribution in [1.29, 1.82) is 0 Å². The van der Waals surface area contributed by atoms with Gasteiger partial charge in [0.1, 0.15) is 0 Å². The van der Waals surface area contributed by atoms with E-state index in [4.69, 9.17) is 4.74 Å². The van der Waals surface area contributed by atoms with Crippen LogP contribution < -0.4 is 10.6 Å². The molecule has 0 heterocycles. The van der Waals surface area contributed by atoms with E-state index in [1.54, 1.807) is 0 Å². The van der Waals surface area contributed by atoms with E-state index in [0.29, 0.717) is 18.7 Å². The summed E-state index contributed by atoms with van der Waals surface area (Å²) in [5.74, 6) is 0.875. The van der Waals surface area contributed by atoms with Crippen LogP contribution in [-0.4, -0.2) is 62.3 Å². The molecule has 0 unspecified atom stereocenters. The molecule has 0 aromatic heterocycles. The highest BCUT2D eigenvalue weighted by Crippen LogP contribution is 2.03. The second-order valence-corrected chi connectivity index (χ2v) is 5.31. The SMILES string of the molecule is CCNC(=NCCN(C(C)C)C(C)C)NCCOCC.I. The van der Waals surface area contributed by atoms with E-state index in [-0.39, 0.29) is 24.0 Å². The maximum absolute atomic E-state index is 5.31. The molecule has 21 heavy (non-hydrogen) atoms. The normalized spacial score (nSPS) is 12.0. The molecule has 0 bridgehead atoms. The average molecular weight is 414 g/mol. The smallest absolute Gasteiger partial charge is 0.191 e. The Hall–Kier alpha value is -0.0800. The lowest BCUT2D eigenvalue weighted by Crippen LogP contribution is -2.41. The molecule has 0 saturated heterocycles. The largest absolute Gasteiger partial charge is 0.380 e. The van der Waals surface area contributed by atoms with Crippen LogP contribution in [0.4, 0.5) is 0 Å². The molecule has 0 aliphatic carbocycles. The number of nitrogens with zero attached hydrogens (tertiary/aromatic N) is 2. The van der Waals surface area contributed by atoms with Crippen molar-refractivity contribution in [3.63, 3.8) is 0 Å². The van der Waals surface area contributed by atoms with Crippen molar-refractivity contribution in [3.05, 3.63) is 0 Å². The van der Waals surface area contributed by atoms with Crippen molar-refractivity contribution in [2.24, 2.45) is 4.99 Å². The minimum Gasteiger partial charge on any atom is -0.380 e. The first-order valence-electron chi connectivity index (χ1n) is 7.88. The first-order valence-corrected chi connectivity index (χ1v) is 7.88. The van der Waals surface area contributed by atoms with Crippen LogP contribution in [-0.2, 0) is 4.74 Å². The maximum atomic E-state index is 5.31. The summed E-state index contributed by atoms with van der Waals surface area (Å²) in [4.78, 5) is 7.06. The molecule has 0 atom stereocenters. The quantitative estimate of drug-likeness (QED) is 0.249. The number of guanidine groups is 1. The van der Waals surface area contributed by atoms with Crippen LogP contribution in [0, 0.1) is 0 Å². The molecule has 0 amide bonds. The molecule has 0 aliphatic heterocycles. The van der Waals surface area contributed by atoms with Crippen molar-refractivity contribution in [1.82, 2.24) is 15.5 Å². The van der Waals surface area contributed by atoms with E-state index in [0.717, 1.165) is 38.7 Å². The number of aliphatic imine (C=N–C) groups is 1. The van der Waals surface area contributed by atoms with E-state index >= 15 is 0 Å². The summed E-state index contributed by atoms with van der Waals surface area (Å²) < 4.78 is 5.31. The van der Waals surface area contributed by atoms with Crippen molar-refractivity contribution < 1.29 is 4.74 Å². The summed E-state index contributed by atoms with van der Waals surface area (Å²) in [5, 5.41) is 6.54. The highest BCUT2D eigenvalue weighted by Gasteiger charge is 2.12. The van der Waals surface area contributed by atoms with Gasteiger partial charge < -0.3 is 15.4 Å². The number of ether oxygens (including phenoxy) is 1. The topological polar surface area (TPSA) is 48.9 Å². The fraction of sp³-hybridized carbons (Fsp3) is 0.933. The minimum absolute atomic E-state index is 0. The number of halogens is 1. The number of hydrogen-bond acceptors (Lipinski definition) is 3. The van der Waals surface area contributed by atoms with Gasteiger partial charge in [-0.05, 0) is 41.5 Å². The Kier molecular flexibility index (Phi) is 16.4. The number of hydrogen-bond donors (Lipinski definition) is 2. The third-order valence-electron chi connectivity index (χ3n) is 3.04. The number of rotatable bonds is 10. The molecule has 0 saturated carbocycles. The van der Waals surface area contributed by atoms with Crippen molar-refractivity contribution in [2.45, 2.75) is 53.6 Å². The number of nitrogens with one attached hydrogen (secondary N) is 2. The van der Waals surface area contributed by atoms with Gasteiger partial charge in [0.05, 0.1) is 13.2 Å². The highest BCUT2D eigenvalue weighted by molar-refractivity contribution is 14.0. The first-order chi connectivity index (χ1) is 9.52. The predicted molar refractivity (Wildman–Crippen MR) is 103 cm³/mol. The van der Waals surface area contributed by atoms with Crippen LogP contribution in [0.5, 0.6) is 0 Å². The summed E-state index contributed by atoms with van der Waals surface area (Å²) in [6.07, 6.45) is 0. The molecule has 6 heteroatoms. The van der Waals surface area contributed by atoms with E-state index in [2.05, 4.69) is 55.1 Å². The first kappa shape index (κ1) is 23.2. The van der Waals surface area contributed by atoms with Crippen LogP contribution >= 0.6 is 24.0 Å². The Balaban J connectivity index is 0. The molecule has 0 spiro atoms. The molecule has 0 aliphatic rings. The van der Waals surface area contributed by atoms with E-state index < -0.39 is 0 Å². The van der Waals surface area contributed by atoms with Crippen LogP contribution in [0.25, 0.3) is 0 Å². The lowest BCUT2D eigenvalue weighted by molar-refractivity contribution is 0.152. The van der Waals surface area contributed by atoms with Crippen LogP contribution in [0.2, 0.25) is 0 Å². The van der Waals surface area contributed by atoms with Gasteiger partial charge in [0.25, 0.3) is 0 Å². The zero-order valence-electron chi connectivity index (χ0n) is 14.6. The van der Waals surface area contributed by atoms with Crippen molar-refractivity contribution >= 4 is 29.9 Å². The Morgan fingerprint density at radius 1 is 1.10 bits per heavy atom. The van der Waals surface area contributed by atoms with Gasteiger partial charge in [0.15, 0.2) is 5.96 Å². The zero-order chi connectivity index (χ0) is 15.4. The van der Waals surface area contributed by atoms with Crippen LogP contribution in [0.1, 0.15) is 41.5 Å². The van der Waals surface area contributed by atoms with Gasteiger partial charge in [-0.2, -0.15) is 0 Å². The Morgan fingerprint density at radius 3 is 2.19 bits per heavy atom. The molecule has 0 fully saturated rings. The monoisotopic (exact) mass is 414 g/mol. The van der Waals surface area contributed by atoms with Gasteiger partial charge >= 0.3 is 0 Å². The van der Waals surface area contributed by atoms with Crippen molar-refractivity contribution in [2.75, 3.05) is 39.4 Å². The molecular weight excluding hydrogens is 379 g/mol. The highest BCUT2D eigenvalue weighted by atomic mass is 127. The van der Waals surface area contributed by atoms with Gasteiger partial charge in [0.2, 0.25) is 0 Å². The Labute approximate surface area is 148 Å². The van der Waals surface area contributed by atoms with Gasteiger partial charge in [-0.25, -0.2) is 0 Å². The van der Waals surface area contributed by atoms with Gasteiger partial charge in [-0.1, -0.05) is 0 Å². The zero-order valence-corrected chi connectivity index (χ0v) is 16.9. The second kappa shape index (κ2) is 14.8. The summed E-state index contributed by atoms with van der Waals surface area (Å²) in [5.41, 5.74) is 0. The lowest BCUT2D eigenvalue weighted by Gasteiger charge is -2.29. The lowest BCUT2D eigenvalue weighted by atomic mass is 10.2. The predicted octanol–water partition coefficient (Wildman–Crippen LogP) is 2.31. The van der Waals surface area contributed by atoms with Crippen LogP contribution in [0.3, 0.4) is 0 Å². The fourth-order valence-electron chi connectivity index (χ4n) is 2.12. The molecule has 2 N–H and O–H groups in total. The molecule has 0 radical (unpaired) electrons. The standard InChI is InChI=1S/C15H34N4O.HI/c1-7-16-15(18-10-12-20-8-2)17-9-11-19(13(3)4)14(5)6;/h13-14H,7-12H2,1-6H3,(H2,16,17,18);1H. The third-order valence-corrected chi connectivity index (χ3v) is 3.04. The summed E-state index contributed by atoms with van der Waals surface area (Å²) >= 11 is 0. The van der Waals surface area contributed by atoms with Crippen LogP contribution in [0.15, 0.2) is 4.99 Å². The van der Waals surface area contributed by atoms with E-state index in [9.17, 15) is 0 Å². The van der Waals surface area contributed by atoms with Gasteiger partial charge in [-0.15, -0.1) is 24.0 Å². The molecular formula is C15H35IN4O. The molecule has 128 valence electrons. The Morgan fingerprint density at radius 2 is 1.71 bits per heavy atom. The molecule has 0 rings (SSSR count). The molecule has 0 aromatic carbocycles. The Bertz CT molecular complexity index is 252. The molecule has 5 nitrogen and oxygen atoms in total. The minimum atomic E-state index is 0. The fourth-order valence-corrected chi connectivity index (χ4v) is 2.12. The van der Waals surface area contributed by atoms with E-state index in [1.807, 2.05) is 6.92 Å². The third kappa shape index (κ3) is 12.2. The summed E-state index contributed by atoms with van der Waals surface area (Å²) in [7, 11) is 0. The molecule has 0 aromatic rings. The van der Waals surface area contributed by atoms with E-state index in [1.165, 1.54) is 0 Å². The maximum Gasteiger partial charge on any atom is 0.191 e. The summed E-state index contributed by atoms with van der Waals surface area (Å²) in [6.45, 7) is 17.9. The average Bonchev–Trinajstić information content (AvgIpc) is 2.38. The second-order valence-electron chi connectivity index (χ2n) is 5.31.